The van der Waals surface area contributed by atoms with Gasteiger partial charge in [-0.25, -0.2) is 4.79 Å². The lowest BCUT2D eigenvalue weighted by Crippen LogP contribution is -2.45. The van der Waals surface area contributed by atoms with Crippen molar-refractivity contribution in [3.63, 3.8) is 0 Å². The number of hydrogen-bond donors (Lipinski definition) is 3. The van der Waals surface area contributed by atoms with Crippen molar-refractivity contribution >= 4 is 28.6 Å². The summed E-state index contributed by atoms with van der Waals surface area (Å²) in [4.78, 5) is 29.0. The number of rotatable bonds is 7. The van der Waals surface area contributed by atoms with Gasteiger partial charge in [0, 0.05) is 35.3 Å². The number of H-pyrrole nitrogens is 1. The van der Waals surface area contributed by atoms with Crippen molar-refractivity contribution in [2.45, 2.75) is 19.1 Å². The highest BCUT2D eigenvalue weighted by molar-refractivity contribution is 5.97. The van der Waals surface area contributed by atoms with Crippen LogP contribution in [0.3, 0.4) is 0 Å². The van der Waals surface area contributed by atoms with Crippen LogP contribution in [0.2, 0.25) is 0 Å². The molecule has 1 aliphatic rings. The molecule has 0 aliphatic carbocycles. The maximum Gasteiger partial charge on any atom is 0.408 e. The van der Waals surface area contributed by atoms with Crippen LogP contribution in [0.4, 0.5) is 10.5 Å². The van der Waals surface area contributed by atoms with Gasteiger partial charge in [0.15, 0.2) is 11.5 Å². The predicted octanol–water partition coefficient (Wildman–Crippen LogP) is 4.37. The second-order valence-corrected chi connectivity index (χ2v) is 7.88. The molecule has 34 heavy (non-hydrogen) atoms. The van der Waals surface area contributed by atoms with Crippen molar-refractivity contribution in [2.75, 3.05) is 12.1 Å². The van der Waals surface area contributed by atoms with E-state index in [1.165, 1.54) is 0 Å². The van der Waals surface area contributed by atoms with Crippen LogP contribution in [0.25, 0.3) is 10.9 Å². The molecule has 172 valence electrons. The first-order valence-electron chi connectivity index (χ1n) is 10.9. The van der Waals surface area contributed by atoms with Crippen molar-refractivity contribution < 1.29 is 23.8 Å². The van der Waals surface area contributed by atoms with E-state index in [4.69, 9.17) is 14.2 Å². The third-order valence-electron chi connectivity index (χ3n) is 5.56. The van der Waals surface area contributed by atoms with Gasteiger partial charge in [-0.2, -0.15) is 0 Å². The zero-order valence-corrected chi connectivity index (χ0v) is 18.2. The number of carbonyl (C=O) groups excluding carboxylic acids is 2. The number of alkyl carbamates (subject to hydrolysis) is 1. The van der Waals surface area contributed by atoms with Crippen molar-refractivity contribution in [3.05, 3.63) is 90.1 Å². The molecule has 8 heteroatoms. The SMILES string of the molecule is O=C(NC(Cc1c[nH]c2ccccc12)C(=O)Nc1ccc2c(c1)OCO2)OCc1ccccc1. The first-order chi connectivity index (χ1) is 16.7. The molecule has 0 saturated carbocycles. The largest absolute Gasteiger partial charge is 0.454 e. The van der Waals surface area contributed by atoms with Crippen LogP contribution in [-0.2, 0) is 22.6 Å². The van der Waals surface area contributed by atoms with Gasteiger partial charge >= 0.3 is 6.09 Å². The Balaban J connectivity index is 1.32. The molecule has 1 aromatic heterocycles. The molecule has 4 aromatic rings. The van der Waals surface area contributed by atoms with Crippen LogP contribution in [0, 0.1) is 0 Å². The number of ether oxygens (including phenoxy) is 3. The quantitative estimate of drug-likeness (QED) is 0.383. The molecule has 1 aliphatic heterocycles. The summed E-state index contributed by atoms with van der Waals surface area (Å²) in [7, 11) is 0. The van der Waals surface area contributed by atoms with E-state index < -0.39 is 12.1 Å². The Hall–Kier alpha value is -4.46. The van der Waals surface area contributed by atoms with E-state index in [0.717, 1.165) is 22.0 Å². The van der Waals surface area contributed by atoms with E-state index in [1.807, 2.05) is 60.8 Å². The zero-order chi connectivity index (χ0) is 23.3. The third kappa shape index (κ3) is 4.80. The first-order valence-corrected chi connectivity index (χ1v) is 10.9. The van der Waals surface area contributed by atoms with Gasteiger partial charge in [-0.1, -0.05) is 48.5 Å². The summed E-state index contributed by atoms with van der Waals surface area (Å²) >= 11 is 0. The number of para-hydroxylation sites is 1. The fourth-order valence-electron chi connectivity index (χ4n) is 3.84. The van der Waals surface area contributed by atoms with E-state index in [1.54, 1.807) is 18.2 Å². The standard InChI is InChI=1S/C26H23N3O5/c30-25(28-19-10-11-23-24(13-19)34-16-33-23)22(12-18-14-27-21-9-5-4-8-20(18)21)29-26(31)32-15-17-6-2-1-3-7-17/h1-11,13-14,22,27H,12,15-16H2,(H,28,30)(H,29,31). The second kappa shape index (κ2) is 9.58. The highest BCUT2D eigenvalue weighted by atomic mass is 16.7. The van der Waals surface area contributed by atoms with Crippen molar-refractivity contribution in [1.29, 1.82) is 0 Å². The Morgan fingerprint density at radius 3 is 2.65 bits per heavy atom. The average molecular weight is 457 g/mol. The Bertz CT molecular complexity index is 1320. The van der Waals surface area contributed by atoms with Crippen LogP contribution in [0.15, 0.2) is 79.0 Å². The van der Waals surface area contributed by atoms with Crippen LogP contribution < -0.4 is 20.1 Å². The number of carbonyl (C=O) groups is 2. The number of aromatic amines is 1. The minimum Gasteiger partial charge on any atom is -0.454 e. The number of aromatic nitrogens is 1. The summed E-state index contributed by atoms with van der Waals surface area (Å²) in [6.45, 7) is 0.251. The van der Waals surface area contributed by atoms with Crippen molar-refractivity contribution in [1.82, 2.24) is 10.3 Å². The van der Waals surface area contributed by atoms with Gasteiger partial charge in [0.05, 0.1) is 0 Å². The van der Waals surface area contributed by atoms with Gasteiger partial charge in [0.1, 0.15) is 12.6 Å². The molecule has 0 bridgehead atoms. The number of fused-ring (bicyclic) bond motifs is 2. The molecule has 0 fully saturated rings. The predicted molar refractivity (Wildman–Crippen MR) is 127 cm³/mol. The lowest BCUT2D eigenvalue weighted by atomic mass is 10.0. The van der Waals surface area contributed by atoms with Crippen LogP contribution >= 0.6 is 0 Å². The summed E-state index contributed by atoms with van der Waals surface area (Å²) in [5.74, 6) is 0.804. The minimum absolute atomic E-state index is 0.107. The summed E-state index contributed by atoms with van der Waals surface area (Å²) in [6.07, 6.45) is 1.46. The zero-order valence-electron chi connectivity index (χ0n) is 18.2. The number of anilines is 1. The molecule has 1 unspecified atom stereocenters. The van der Waals surface area contributed by atoms with Gasteiger partial charge in [-0.15, -0.1) is 0 Å². The lowest BCUT2D eigenvalue weighted by Gasteiger charge is -2.18. The molecule has 8 nitrogen and oxygen atoms in total. The Kier molecular flexibility index (Phi) is 6.03. The van der Waals surface area contributed by atoms with Crippen LogP contribution in [0.1, 0.15) is 11.1 Å². The molecule has 3 N–H and O–H groups in total. The lowest BCUT2D eigenvalue weighted by molar-refractivity contribution is -0.118. The maximum absolute atomic E-state index is 13.2. The number of amides is 2. The first kappa shape index (κ1) is 21.4. The molecular formula is C26H23N3O5. The fraction of sp³-hybridized carbons (Fsp3) is 0.154. The Morgan fingerprint density at radius 1 is 0.971 bits per heavy atom. The molecular weight excluding hydrogens is 434 g/mol. The molecule has 3 aromatic carbocycles. The maximum atomic E-state index is 13.2. The Labute approximate surface area is 195 Å². The fourth-order valence-corrected chi connectivity index (χ4v) is 3.84. The monoisotopic (exact) mass is 457 g/mol. The van der Waals surface area contributed by atoms with E-state index in [-0.39, 0.29) is 25.7 Å². The third-order valence-corrected chi connectivity index (χ3v) is 5.56. The highest BCUT2D eigenvalue weighted by Crippen LogP contribution is 2.34. The molecule has 5 rings (SSSR count). The number of hydrogen-bond acceptors (Lipinski definition) is 5. The normalized spacial score (nSPS) is 12.8. The van der Waals surface area contributed by atoms with Crippen molar-refractivity contribution in [3.8, 4) is 11.5 Å². The second-order valence-electron chi connectivity index (χ2n) is 7.88. The summed E-state index contributed by atoms with van der Waals surface area (Å²) < 4.78 is 16.1. The van der Waals surface area contributed by atoms with Gasteiger partial charge in [-0.05, 0) is 29.3 Å². The molecule has 2 amide bonds. The molecule has 2 heterocycles. The Morgan fingerprint density at radius 2 is 1.76 bits per heavy atom. The van der Waals surface area contributed by atoms with Crippen molar-refractivity contribution in [2.24, 2.45) is 0 Å². The number of nitrogens with one attached hydrogen (secondary N) is 3. The topological polar surface area (TPSA) is 102 Å². The van der Waals surface area contributed by atoms with Gasteiger partial charge in [0.2, 0.25) is 12.7 Å². The summed E-state index contributed by atoms with van der Waals surface area (Å²) in [6, 6.07) is 21.4. The van der Waals surface area contributed by atoms with Crippen LogP contribution in [0.5, 0.6) is 11.5 Å². The van der Waals surface area contributed by atoms with Gasteiger partial charge in [-0.3, -0.25) is 4.79 Å². The molecule has 0 radical (unpaired) electrons. The summed E-state index contributed by atoms with van der Waals surface area (Å²) in [5.41, 5.74) is 3.26. The molecule has 1 atom stereocenters. The van der Waals surface area contributed by atoms with Crippen LogP contribution in [-0.4, -0.2) is 29.8 Å². The average Bonchev–Trinajstić information content (AvgIpc) is 3.50. The minimum atomic E-state index is -0.868. The van der Waals surface area contributed by atoms with Gasteiger partial charge < -0.3 is 29.8 Å². The van der Waals surface area contributed by atoms with E-state index >= 15 is 0 Å². The van der Waals surface area contributed by atoms with E-state index in [2.05, 4.69) is 15.6 Å². The highest BCUT2D eigenvalue weighted by Gasteiger charge is 2.24. The summed E-state index contributed by atoms with van der Waals surface area (Å²) in [5, 5.41) is 6.56. The molecule has 0 spiro atoms. The number of benzene rings is 3. The molecule has 0 saturated heterocycles. The van der Waals surface area contributed by atoms with E-state index in [9.17, 15) is 9.59 Å². The van der Waals surface area contributed by atoms with E-state index in [0.29, 0.717) is 17.2 Å². The van der Waals surface area contributed by atoms with Gasteiger partial charge in [0.25, 0.3) is 0 Å². The smallest absolute Gasteiger partial charge is 0.408 e.